The zero-order chi connectivity index (χ0) is 26.2. The minimum Gasteiger partial charge on any atom is -0.493 e. The number of anilines is 1. The van der Waals surface area contributed by atoms with Crippen molar-refractivity contribution in [2.45, 2.75) is 30.7 Å². The number of amides is 1. The number of hydrogen-bond donors (Lipinski definition) is 0. The molecule has 0 spiro atoms. The van der Waals surface area contributed by atoms with Gasteiger partial charge in [0.15, 0.2) is 22.4 Å². The number of aromatic nitrogens is 2. The van der Waals surface area contributed by atoms with Gasteiger partial charge >= 0.3 is 0 Å². The predicted octanol–water partition coefficient (Wildman–Crippen LogP) is 4.09. The standard InChI is InChI=1S/C27H34N4O5S/c1-5-20-17-25(30(2)11-10-19-6-8-22(33-3)24(16-19)34-4)29-27(28-20)37-18-21-7-9-23(36-21)26(32)31-12-14-35-15-13-31/h6-9,16-17H,5,10-15,18H2,1-4H3. The van der Waals surface area contributed by atoms with Gasteiger partial charge < -0.3 is 28.4 Å². The van der Waals surface area contributed by atoms with Gasteiger partial charge in [-0.15, -0.1) is 0 Å². The number of furan rings is 1. The van der Waals surface area contributed by atoms with Gasteiger partial charge in [0.2, 0.25) is 0 Å². The summed E-state index contributed by atoms with van der Waals surface area (Å²) in [6, 6.07) is 11.6. The van der Waals surface area contributed by atoms with Crippen LogP contribution < -0.4 is 14.4 Å². The molecule has 3 heterocycles. The molecule has 0 bridgehead atoms. The first-order valence-electron chi connectivity index (χ1n) is 12.4. The van der Waals surface area contributed by atoms with Crippen molar-refractivity contribution in [2.75, 3.05) is 59.0 Å². The highest BCUT2D eigenvalue weighted by Crippen LogP contribution is 2.28. The third-order valence-electron chi connectivity index (χ3n) is 6.20. The van der Waals surface area contributed by atoms with Crippen molar-refractivity contribution in [3.63, 3.8) is 0 Å². The fraction of sp³-hybridized carbons (Fsp3) is 0.444. The second-order valence-corrected chi connectivity index (χ2v) is 9.62. The highest BCUT2D eigenvalue weighted by molar-refractivity contribution is 7.98. The van der Waals surface area contributed by atoms with Crippen LogP contribution in [0.25, 0.3) is 0 Å². The largest absolute Gasteiger partial charge is 0.493 e. The minimum atomic E-state index is -0.0952. The van der Waals surface area contributed by atoms with Crippen molar-refractivity contribution in [1.82, 2.24) is 14.9 Å². The van der Waals surface area contributed by atoms with Crippen molar-refractivity contribution in [3.8, 4) is 11.5 Å². The number of carbonyl (C=O) groups is 1. The van der Waals surface area contributed by atoms with E-state index < -0.39 is 0 Å². The molecule has 0 radical (unpaired) electrons. The van der Waals surface area contributed by atoms with E-state index in [1.54, 1.807) is 25.2 Å². The Morgan fingerprint density at radius 1 is 1.08 bits per heavy atom. The lowest BCUT2D eigenvalue weighted by Crippen LogP contribution is -2.40. The molecule has 198 valence electrons. The van der Waals surface area contributed by atoms with E-state index in [0.29, 0.717) is 43.0 Å². The fourth-order valence-corrected chi connectivity index (χ4v) is 4.74. The van der Waals surface area contributed by atoms with E-state index in [4.69, 9.17) is 23.6 Å². The SMILES string of the molecule is CCc1cc(N(C)CCc2ccc(OC)c(OC)c2)nc(SCc2ccc(C(=O)N3CCOCC3)o2)n1. The number of hydrogen-bond acceptors (Lipinski definition) is 9. The van der Waals surface area contributed by atoms with Gasteiger partial charge in [-0.25, -0.2) is 9.97 Å². The molecule has 4 rings (SSSR count). The van der Waals surface area contributed by atoms with Crippen molar-refractivity contribution in [1.29, 1.82) is 0 Å². The summed E-state index contributed by atoms with van der Waals surface area (Å²) in [6.07, 6.45) is 1.64. The van der Waals surface area contributed by atoms with E-state index in [-0.39, 0.29) is 5.91 Å². The van der Waals surface area contributed by atoms with Gasteiger partial charge in [0.1, 0.15) is 11.6 Å². The number of benzene rings is 1. The van der Waals surface area contributed by atoms with Crippen molar-refractivity contribution < 1.29 is 23.4 Å². The van der Waals surface area contributed by atoms with Gasteiger partial charge in [0.25, 0.3) is 5.91 Å². The first-order chi connectivity index (χ1) is 18.0. The van der Waals surface area contributed by atoms with Crippen LogP contribution in [0.2, 0.25) is 0 Å². The molecule has 1 saturated heterocycles. The van der Waals surface area contributed by atoms with Crippen LogP contribution in [-0.4, -0.2) is 74.9 Å². The highest BCUT2D eigenvalue weighted by Gasteiger charge is 2.21. The summed E-state index contributed by atoms with van der Waals surface area (Å²) < 4.78 is 21.9. The molecule has 1 fully saturated rings. The Labute approximate surface area is 222 Å². The van der Waals surface area contributed by atoms with E-state index in [1.807, 2.05) is 31.3 Å². The maximum atomic E-state index is 12.6. The van der Waals surface area contributed by atoms with Crippen LogP contribution >= 0.6 is 11.8 Å². The van der Waals surface area contributed by atoms with Crippen LogP contribution in [0.15, 0.2) is 46.0 Å². The van der Waals surface area contributed by atoms with Crippen LogP contribution in [-0.2, 0) is 23.3 Å². The number of thioether (sulfide) groups is 1. The van der Waals surface area contributed by atoms with Crippen LogP contribution in [0.3, 0.4) is 0 Å². The average molecular weight is 527 g/mol. The van der Waals surface area contributed by atoms with Gasteiger partial charge in [-0.2, -0.15) is 0 Å². The highest BCUT2D eigenvalue weighted by atomic mass is 32.2. The first kappa shape index (κ1) is 26.8. The Bertz CT molecular complexity index is 1200. The smallest absolute Gasteiger partial charge is 0.289 e. The summed E-state index contributed by atoms with van der Waals surface area (Å²) in [6.45, 7) is 5.16. The summed E-state index contributed by atoms with van der Waals surface area (Å²) >= 11 is 1.50. The topological polar surface area (TPSA) is 90.2 Å². The molecule has 9 nitrogen and oxygen atoms in total. The molecular formula is C27H34N4O5S. The lowest BCUT2D eigenvalue weighted by Gasteiger charge is -2.25. The molecule has 0 N–H and O–H groups in total. The van der Waals surface area contributed by atoms with Gasteiger partial charge in [-0.1, -0.05) is 24.8 Å². The number of carbonyl (C=O) groups excluding carboxylic acids is 1. The molecule has 0 saturated carbocycles. The predicted molar refractivity (Wildman–Crippen MR) is 143 cm³/mol. The lowest BCUT2D eigenvalue weighted by molar-refractivity contribution is 0.0282. The molecule has 1 aromatic carbocycles. The Kier molecular flexibility index (Phi) is 9.29. The first-order valence-corrected chi connectivity index (χ1v) is 13.4. The fourth-order valence-electron chi connectivity index (χ4n) is 3.98. The van der Waals surface area contributed by atoms with E-state index in [9.17, 15) is 4.79 Å². The van der Waals surface area contributed by atoms with Crippen LogP contribution in [0, 0.1) is 0 Å². The lowest BCUT2D eigenvalue weighted by atomic mass is 10.1. The Hall–Kier alpha value is -3.24. The van der Waals surface area contributed by atoms with Crippen LogP contribution in [0.5, 0.6) is 11.5 Å². The number of aryl methyl sites for hydroxylation is 1. The summed E-state index contributed by atoms with van der Waals surface area (Å²) in [5, 5.41) is 0.685. The Morgan fingerprint density at radius 3 is 2.59 bits per heavy atom. The Balaban J connectivity index is 1.38. The third kappa shape index (κ3) is 6.95. The molecule has 1 aliphatic heterocycles. The van der Waals surface area contributed by atoms with Crippen LogP contribution in [0.1, 0.15) is 34.5 Å². The summed E-state index contributed by atoms with van der Waals surface area (Å²) in [5.74, 6) is 3.84. The summed E-state index contributed by atoms with van der Waals surface area (Å²) in [4.78, 5) is 26.0. The van der Waals surface area contributed by atoms with Gasteiger partial charge in [0, 0.05) is 38.4 Å². The monoisotopic (exact) mass is 526 g/mol. The van der Waals surface area contributed by atoms with Crippen molar-refractivity contribution in [3.05, 3.63) is 59.2 Å². The van der Waals surface area contributed by atoms with Crippen molar-refractivity contribution >= 4 is 23.5 Å². The molecular weight excluding hydrogens is 492 g/mol. The molecule has 1 amide bonds. The number of likely N-dealkylation sites (N-methyl/N-ethyl adjacent to an activating group) is 1. The zero-order valence-electron chi connectivity index (χ0n) is 21.9. The van der Waals surface area contributed by atoms with E-state index >= 15 is 0 Å². The summed E-state index contributed by atoms with van der Waals surface area (Å²) in [7, 11) is 5.32. The average Bonchev–Trinajstić information content (AvgIpc) is 3.43. The number of ether oxygens (including phenoxy) is 3. The quantitative estimate of drug-likeness (QED) is 0.271. The molecule has 0 aliphatic carbocycles. The molecule has 37 heavy (non-hydrogen) atoms. The molecule has 0 unspecified atom stereocenters. The van der Waals surface area contributed by atoms with E-state index in [1.165, 1.54) is 11.8 Å². The number of nitrogens with zero attached hydrogens (tertiary/aromatic N) is 4. The molecule has 10 heteroatoms. The maximum absolute atomic E-state index is 12.6. The van der Waals surface area contributed by atoms with Gasteiger partial charge in [-0.05, 0) is 42.7 Å². The number of rotatable bonds is 11. The normalized spacial score (nSPS) is 13.5. The van der Waals surface area contributed by atoms with Gasteiger partial charge in [0.05, 0.1) is 33.2 Å². The molecule has 3 aromatic rings. The molecule has 0 atom stereocenters. The molecule has 1 aliphatic rings. The second-order valence-electron chi connectivity index (χ2n) is 8.67. The van der Waals surface area contributed by atoms with Gasteiger partial charge in [-0.3, -0.25) is 4.79 Å². The second kappa shape index (κ2) is 12.8. The van der Waals surface area contributed by atoms with Crippen molar-refractivity contribution in [2.24, 2.45) is 0 Å². The summed E-state index contributed by atoms with van der Waals surface area (Å²) in [5.41, 5.74) is 2.14. The Morgan fingerprint density at radius 2 is 1.86 bits per heavy atom. The van der Waals surface area contributed by atoms with E-state index in [2.05, 4.69) is 22.9 Å². The zero-order valence-corrected chi connectivity index (χ0v) is 22.7. The third-order valence-corrected chi connectivity index (χ3v) is 7.07. The maximum Gasteiger partial charge on any atom is 0.289 e. The minimum absolute atomic E-state index is 0.0952. The molecule has 2 aromatic heterocycles. The number of morpholine rings is 1. The van der Waals surface area contributed by atoms with Crippen LogP contribution in [0.4, 0.5) is 5.82 Å². The number of methoxy groups -OCH3 is 2. The van der Waals surface area contributed by atoms with E-state index in [0.717, 1.165) is 53.7 Å².